The molecule has 0 spiro atoms. The summed E-state index contributed by atoms with van der Waals surface area (Å²) in [6, 6.07) is 24.8. The second-order valence-electron chi connectivity index (χ2n) is 10.9. The van der Waals surface area contributed by atoms with Crippen molar-refractivity contribution in [2.45, 2.75) is 30.1 Å². The number of nitrogens with one attached hydrogen (secondary N) is 2. The van der Waals surface area contributed by atoms with Crippen LogP contribution in [-0.4, -0.2) is 55.5 Å². The van der Waals surface area contributed by atoms with Gasteiger partial charge >= 0.3 is 0 Å². The minimum absolute atomic E-state index is 0.107. The van der Waals surface area contributed by atoms with Crippen molar-refractivity contribution in [3.05, 3.63) is 108 Å². The molecular weight excluding hydrogens is 544 g/mol. The van der Waals surface area contributed by atoms with Crippen molar-refractivity contribution in [2.24, 2.45) is 0 Å². The first kappa shape index (κ1) is 27.8. The van der Waals surface area contributed by atoms with Gasteiger partial charge in [-0.3, -0.25) is 9.71 Å². The van der Waals surface area contributed by atoms with Crippen LogP contribution in [0.1, 0.15) is 35.4 Å². The number of pyridine rings is 1. The number of rotatable bonds is 10. The largest absolute Gasteiger partial charge is 0.354 e. The fourth-order valence-electron chi connectivity index (χ4n) is 5.56. The SMILES string of the molecule is CN(C)CCCCNc1ncc2c(n1)-c1ccccc1C(c1ccc(NS(=O)(=O)c3cccc4cccnc34)cc1)C2. The van der Waals surface area contributed by atoms with Crippen molar-refractivity contribution in [1.29, 1.82) is 0 Å². The Morgan fingerprint density at radius 1 is 0.905 bits per heavy atom. The van der Waals surface area contributed by atoms with Crippen molar-refractivity contribution >= 4 is 32.6 Å². The second-order valence-corrected chi connectivity index (χ2v) is 12.6. The Morgan fingerprint density at radius 3 is 2.55 bits per heavy atom. The third-order valence-electron chi connectivity index (χ3n) is 7.65. The van der Waals surface area contributed by atoms with Crippen LogP contribution in [0.2, 0.25) is 0 Å². The number of aromatic nitrogens is 3. The lowest BCUT2D eigenvalue weighted by molar-refractivity contribution is 0.396. The summed E-state index contributed by atoms with van der Waals surface area (Å²) in [4.78, 5) is 16.2. The van der Waals surface area contributed by atoms with Crippen molar-refractivity contribution in [3.8, 4) is 11.3 Å². The highest BCUT2D eigenvalue weighted by molar-refractivity contribution is 7.93. The number of anilines is 2. The third-order valence-corrected chi connectivity index (χ3v) is 9.06. The fraction of sp³-hybridized carbons (Fsp3) is 0.242. The van der Waals surface area contributed by atoms with Crippen LogP contribution in [0.3, 0.4) is 0 Å². The van der Waals surface area contributed by atoms with E-state index in [1.54, 1.807) is 24.4 Å². The molecule has 2 N–H and O–H groups in total. The Kier molecular flexibility index (Phi) is 7.86. The van der Waals surface area contributed by atoms with E-state index in [1.165, 1.54) is 5.56 Å². The molecule has 0 fully saturated rings. The highest BCUT2D eigenvalue weighted by Gasteiger charge is 2.27. The van der Waals surface area contributed by atoms with Gasteiger partial charge in [-0.05, 0) is 80.9 Å². The number of fused-ring (bicyclic) bond motifs is 4. The average molecular weight is 579 g/mol. The maximum Gasteiger partial charge on any atom is 0.264 e. The minimum atomic E-state index is -3.82. The van der Waals surface area contributed by atoms with Crippen LogP contribution >= 0.6 is 0 Å². The van der Waals surface area contributed by atoms with Gasteiger partial charge in [-0.2, -0.15) is 0 Å². The van der Waals surface area contributed by atoms with E-state index < -0.39 is 10.0 Å². The highest BCUT2D eigenvalue weighted by atomic mass is 32.2. The van der Waals surface area contributed by atoms with Crippen LogP contribution in [0.25, 0.3) is 22.2 Å². The molecule has 0 amide bonds. The summed E-state index contributed by atoms with van der Waals surface area (Å²) in [5, 5.41) is 4.16. The number of benzene rings is 3. The van der Waals surface area contributed by atoms with Crippen LogP contribution in [0.15, 0.2) is 96.2 Å². The molecule has 1 unspecified atom stereocenters. The van der Waals surface area contributed by atoms with Gasteiger partial charge in [0, 0.05) is 41.5 Å². The molecule has 214 valence electrons. The number of sulfonamides is 1. The Bertz CT molecular complexity index is 1820. The first-order chi connectivity index (χ1) is 20.4. The normalized spacial score (nSPS) is 14.4. The van der Waals surface area contributed by atoms with E-state index in [9.17, 15) is 8.42 Å². The predicted octanol–water partition coefficient (Wildman–Crippen LogP) is 5.93. The molecule has 2 aromatic heterocycles. The maximum atomic E-state index is 13.3. The lowest BCUT2D eigenvalue weighted by Crippen LogP contribution is -2.17. The van der Waals surface area contributed by atoms with Gasteiger partial charge in [0.1, 0.15) is 4.90 Å². The van der Waals surface area contributed by atoms with Crippen LogP contribution in [0.4, 0.5) is 11.6 Å². The lowest BCUT2D eigenvalue weighted by atomic mass is 9.78. The van der Waals surface area contributed by atoms with Crippen molar-refractivity contribution in [2.75, 3.05) is 37.2 Å². The summed E-state index contributed by atoms with van der Waals surface area (Å²) in [7, 11) is 0.357. The van der Waals surface area contributed by atoms with E-state index in [4.69, 9.17) is 4.98 Å². The molecule has 0 radical (unpaired) electrons. The van der Waals surface area contributed by atoms with Gasteiger partial charge in [-0.25, -0.2) is 18.4 Å². The zero-order valence-corrected chi connectivity index (χ0v) is 24.6. The van der Waals surface area contributed by atoms with Crippen LogP contribution in [0.5, 0.6) is 0 Å². The zero-order valence-electron chi connectivity index (χ0n) is 23.8. The van der Waals surface area contributed by atoms with Crippen molar-refractivity contribution in [3.63, 3.8) is 0 Å². The lowest BCUT2D eigenvalue weighted by Gasteiger charge is -2.27. The van der Waals surface area contributed by atoms with Crippen LogP contribution in [-0.2, 0) is 16.4 Å². The first-order valence-electron chi connectivity index (χ1n) is 14.2. The summed E-state index contributed by atoms with van der Waals surface area (Å²) < 4.78 is 29.3. The van der Waals surface area contributed by atoms with Gasteiger partial charge in [0.05, 0.1) is 11.2 Å². The van der Waals surface area contributed by atoms with Crippen molar-refractivity contribution in [1.82, 2.24) is 19.9 Å². The van der Waals surface area contributed by atoms with Gasteiger partial charge in [0.2, 0.25) is 5.95 Å². The smallest absolute Gasteiger partial charge is 0.264 e. The Hall–Kier alpha value is -4.34. The maximum absolute atomic E-state index is 13.3. The molecule has 0 saturated heterocycles. The van der Waals surface area contributed by atoms with Gasteiger partial charge < -0.3 is 10.2 Å². The fourth-order valence-corrected chi connectivity index (χ4v) is 6.80. The monoisotopic (exact) mass is 578 g/mol. The van der Waals surface area contributed by atoms with E-state index in [0.717, 1.165) is 60.1 Å². The third kappa shape index (κ3) is 5.84. The quantitative estimate of drug-likeness (QED) is 0.198. The standard InChI is InChI=1S/C33H34N6O2S/c1-39(2)20-6-5-18-35-33-36-22-25-21-29(27-11-3-4-12-28(27)31(25)37-33)23-14-16-26(17-15-23)38-42(40,41)30-13-7-9-24-10-8-19-34-32(24)30/h3-4,7-17,19,22,29,38H,5-6,18,20-21H2,1-2H3,(H,35,36,37). The van der Waals surface area contributed by atoms with Crippen LogP contribution < -0.4 is 10.0 Å². The molecule has 0 saturated carbocycles. The highest BCUT2D eigenvalue weighted by Crippen LogP contribution is 2.42. The van der Waals surface area contributed by atoms with E-state index in [-0.39, 0.29) is 10.8 Å². The number of hydrogen-bond acceptors (Lipinski definition) is 7. The van der Waals surface area contributed by atoms with E-state index >= 15 is 0 Å². The van der Waals surface area contributed by atoms with Gasteiger partial charge in [-0.15, -0.1) is 0 Å². The Morgan fingerprint density at radius 2 is 1.71 bits per heavy atom. The number of nitrogens with zero attached hydrogens (tertiary/aromatic N) is 4. The van der Waals surface area contributed by atoms with Gasteiger partial charge in [0.15, 0.2) is 0 Å². The minimum Gasteiger partial charge on any atom is -0.354 e. The van der Waals surface area contributed by atoms with E-state index in [1.807, 2.05) is 48.7 Å². The molecule has 0 aliphatic heterocycles. The molecule has 0 bridgehead atoms. The molecule has 3 aromatic carbocycles. The number of para-hydroxylation sites is 1. The molecule has 1 atom stereocenters. The summed E-state index contributed by atoms with van der Waals surface area (Å²) in [5.41, 5.74) is 6.44. The molecule has 5 aromatic rings. The Balaban J connectivity index is 1.21. The molecule has 2 heterocycles. The summed E-state index contributed by atoms with van der Waals surface area (Å²) in [6.07, 6.45) is 6.49. The van der Waals surface area contributed by atoms with Gasteiger partial charge in [0.25, 0.3) is 10.0 Å². The molecule has 8 nitrogen and oxygen atoms in total. The molecule has 42 heavy (non-hydrogen) atoms. The number of hydrogen-bond donors (Lipinski definition) is 2. The van der Waals surface area contributed by atoms with Crippen molar-refractivity contribution < 1.29 is 8.42 Å². The van der Waals surface area contributed by atoms with E-state index in [2.05, 4.69) is 57.2 Å². The molecule has 9 heteroatoms. The summed E-state index contributed by atoms with van der Waals surface area (Å²) in [6.45, 7) is 1.90. The van der Waals surface area contributed by atoms with Gasteiger partial charge in [-0.1, -0.05) is 54.6 Å². The first-order valence-corrected chi connectivity index (χ1v) is 15.7. The van der Waals surface area contributed by atoms with E-state index in [0.29, 0.717) is 17.2 Å². The molecule has 6 rings (SSSR count). The summed E-state index contributed by atoms with van der Waals surface area (Å²) in [5.74, 6) is 0.764. The molecule has 1 aliphatic carbocycles. The van der Waals surface area contributed by atoms with Crippen LogP contribution in [0, 0.1) is 0 Å². The predicted molar refractivity (Wildman–Crippen MR) is 168 cm³/mol. The Labute approximate surface area is 246 Å². The topological polar surface area (TPSA) is 100 Å². The average Bonchev–Trinajstić information content (AvgIpc) is 3.00. The molecule has 1 aliphatic rings. The second kappa shape index (κ2) is 11.9. The number of unbranched alkanes of at least 4 members (excludes halogenated alkanes) is 1. The molecular formula is C33H34N6O2S. The summed E-state index contributed by atoms with van der Waals surface area (Å²) >= 11 is 0. The zero-order chi connectivity index (χ0) is 29.1.